The van der Waals surface area contributed by atoms with E-state index >= 15 is 0 Å². The lowest BCUT2D eigenvalue weighted by Crippen LogP contribution is -2.34. The molecule has 0 amide bonds. The molecule has 0 bridgehead atoms. The predicted molar refractivity (Wildman–Crippen MR) is 82.2 cm³/mol. The third-order valence-electron chi connectivity index (χ3n) is 4.13. The molecule has 1 N–H and O–H groups in total. The highest BCUT2D eigenvalue weighted by atomic mass is 14.9. The molecule has 0 saturated carbocycles. The summed E-state index contributed by atoms with van der Waals surface area (Å²) in [6.07, 6.45) is 4.97. The molecule has 1 atom stereocenters. The number of benzene rings is 1. The fraction of sp³-hybridized carbons (Fsp3) is 0.471. The summed E-state index contributed by atoms with van der Waals surface area (Å²) >= 11 is 0. The minimum atomic E-state index is 0.230. The first-order valence-corrected chi connectivity index (χ1v) is 7.16. The summed E-state index contributed by atoms with van der Waals surface area (Å²) in [7, 11) is 0. The van der Waals surface area contributed by atoms with Gasteiger partial charge in [0.25, 0.3) is 0 Å². The second-order valence-corrected chi connectivity index (χ2v) is 5.78. The maximum atomic E-state index is 4.22. The van der Waals surface area contributed by atoms with Crippen LogP contribution in [0.2, 0.25) is 0 Å². The molecule has 0 aliphatic heterocycles. The summed E-state index contributed by atoms with van der Waals surface area (Å²) < 4.78 is 0. The van der Waals surface area contributed by atoms with Gasteiger partial charge in [0.15, 0.2) is 0 Å². The number of hydrogen-bond donors (Lipinski definition) is 1. The molecule has 2 rings (SSSR count). The summed E-state index contributed by atoms with van der Waals surface area (Å²) in [5.41, 5.74) is 1.61. The zero-order valence-corrected chi connectivity index (χ0v) is 12.4. The van der Waals surface area contributed by atoms with Crippen molar-refractivity contribution in [2.45, 2.75) is 40.2 Å². The summed E-state index contributed by atoms with van der Waals surface area (Å²) in [4.78, 5) is 4.22. The lowest BCUT2D eigenvalue weighted by atomic mass is 9.77. The number of hydrogen-bond acceptors (Lipinski definition) is 2. The van der Waals surface area contributed by atoms with Crippen LogP contribution in [0.5, 0.6) is 0 Å². The van der Waals surface area contributed by atoms with Gasteiger partial charge in [-0.3, -0.25) is 4.98 Å². The fourth-order valence-corrected chi connectivity index (χ4v) is 2.61. The predicted octanol–water partition coefficient (Wildman–Crippen LogP) is 4.32. The smallest absolute Gasteiger partial charge is 0.0377 e. The van der Waals surface area contributed by atoms with Gasteiger partial charge in [-0.1, -0.05) is 45.9 Å². The molecular weight excluding hydrogens is 232 g/mol. The van der Waals surface area contributed by atoms with Gasteiger partial charge in [-0.15, -0.1) is 0 Å². The second-order valence-electron chi connectivity index (χ2n) is 5.78. The molecule has 0 radical (unpaired) electrons. The van der Waals surface area contributed by atoms with E-state index < -0.39 is 0 Å². The number of nitrogens with zero attached hydrogens (tertiary/aromatic N) is 1. The van der Waals surface area contributed by atoms with Crippen molar-refractivity contribution < 1.29 is 0 Å². The summed E-state index contributed by atoms with van der Waals surface area (Å²) in [6, 6.07) is 9.01. The minimum absolute atomic E-state index is 0.230. The van der Waals surface area contributed by atoms with Gasteiger partial charge in [0.05, 0.1) is 0 Å². The van der Waals surface area contributed by atoms with Gasteiger partial charge >= 0.3 is 0 Å². The molecule has 2 aromatic rings. The molecule has 0 fully saturated rings. The van der Waals surface area contributed by atoms with E-state index in [1.165, 1.54) is 16.3 Å². The van der Waals surface area contributed by atoms with Crippen molar-refractivity contribution in [3.63, 3.8) is 0 Å². The molecule has 19 heavy (non-hydrogen) atoms. The Labute approximate surface area is 116 Å². The highest BCUT2D eigenvalue weighted by molar-refractivity contribution is 5.85. The number of pyridine rings is 1. The number of nitrogens with one attached hydrogen (secondary N) is 1. The highest BCUT2D eigenvalue weighted by Gasteiger charge is 2.29. The first kappa shape index (κ1) is 14.0. The Morgan fingerprint density at radius 3 is 2.68 bits per heavy atom. The van der Waals surface area contributed by atoms with E-state index in [-0.39, 0.29) is 5.41 Å². The van der Waals surface area contributed by atoms with E-state index in [0.717, 1.165) is 13.0 Å². The Hall–Kier alpha value is -1.41. The molecule has 2 heteroatoms. The summed E-state index contributed by atoms with van der Waals surface area (Å²) in [6.45, 7) is 10.1. The molecule has 1 heterocycles. The number of rotatable bonds is 5. The zero-order chi connectivity index (χ0) is 13.9. The van der Waals surface area contributed by atoms with Gasteiger partial charge in [-0.05, 0) is 35.4 Å². The van der Waals surface area contributed by atoms with Crippen molar-refractivity contribution >= 4 is 10.8 Å². The maximum absolute atomic E-state index is 4.22. The topological polar surface area (TPSA) is 24.9 Å². The van der Waals surface area contributed by atoms with Crippen molar-refractivity contribution in [3.8, 4) is 0 Å². The first-order valence-electron chi connectivity index (χ1n) is 7.16. The van der Waals surface area contributed by atoms with Crippen LogP contribution in [0.1, 0.15) is 45.7 Å². The quantitative estimate of drug-likeness (QED) is 0.861. The van der Waals surface area contributed by atoms with Crippen LogP contribution >= 0.6 is 0 Å². The van der Waals surface area contributed by atoms with E-state index in [1.807, 2.05) is 12.4 Å². The van der Waals surface area contributed by atoms with Crippen LogP contribution in [0.15, 0.2) is 36.7 Å². The monoisotopic (exact) mass is 256 g/mol. The average Bonchev–Trinajstić information content (AvgIpc) is 2.44. The number of aromatic nitrogens is 1. The van der Waals surface area contributed by atoms with Gasteiger partial charge in [-0.2, -0.15) is 0 Å². The van der Waals surface area contributed by atoms with Crippen LogP contribution in [0.3, 0.4) is 0 Å². The SMILES string of the molecule is CCNC(c1cccc2cnccc12)C(C)(C)CC. The van der Waals surface area contributed by atoms with Crippen LogP contribution in [-0.4, -0.2) is 11.5 Å². The van der Waals surface area contributed by atoms with Gasteiger partial charge in [0, 0.05) is 23.8 Å². The molecule has 0 aliphatic rings. The Kier molecular flexibility index (Phi) is 4.20. The first-order chi connectivity index (χ1) is 9.10. The largest absolute Gasteiger partial charge is 0.310 e. The zero-order valence-electron chi connectivity index (χ0n) is 12.4. The van der Waals surface area contributed by atoms with E-state index in [4.69, 9.17) is 0 Å². The van der Waals surface area contributed by atoms with Crippen LogP contribution in [0.25, 0.3) is 10.8 Å². The Morgan fingerprint density at radius 1 is 1.21 bits per heavy atom. The molecule has 1 aromatic carbocycles. The Bertz CT molecular complexity index is 540. The molecule has 1 unspecified atom stereocenters. The highest BCUT2D eigenvalue weighted by Crippen LogP contribution is 2.38. The van der Waals surface area contributed by atoms with Gasteiger partial charge in [0.1, 0.15) is 0 Å². The maximum Gasteiger partial charge on any atom is 0.0377 e. The van der Waals surface area contributed by atoms with Crippen molar-refractivity contribution in [2.75, 3.05) is 6.54 Å². The standard InChI is InChI=1S/C17H24N2/c1-5-17(3,4)16(19-6-2)15-9-7-8-13-12-18-11-10-14(13)15/h7-12,16,19H,5-6H2,1-4H3. The molecule has 2 nitrogen and oxygen atoms in total. The van der Waals surface area contributed by atoms with Crippen molar-refractivity contribution in [3.05, 3.63) is 42.2 Å². The molecule has 1 aromatic heterocycles. The molecule has 102 valence electrons. The lowest BCUT2D eigenvalue weighted by molar-refractivity contribution is 0.238. The Balaban J connectivity index is 2.56. The molecule has 0 saturated heterocycles. The van der Waals surface area contributed by atoms with Gasteiger partial charge < -0.3 is 5.32 Å². The van der Waals surface area contributed by atoms with Crippen molar-refractivity contribution in [1.29, 1.82) is 0 Å². The van der Waals surface area contributed by atoms with Crippen LogP contribution in [0, 0.1) is 5.41 Å². The van der Waals surface area contributed by atoms with E-state index in [2.05, 4.69) is 62.3 Å². The van der Waals surface area contributed by atoms with Crippen molar-refractivity contribution in [2.24, 2.45) is 5.41 Å². The number of fused-ring (bicyclic) bond motifs is 1. The molecular formula is C17H24N2. The van der Waals surface area contributed by atoms with Gasteiger partial charge in [-0.25, -0.2) is 0 Å². The molecule has 0 spiro atoms. The van der Waals surface area contributed by atoms with Crippen LogP contribution in [0.4, 0.5) is 0 Å². The van der Waals surface area contributed by atoms with E-state index in [9.17, 15) is 0 Å². The van der Waals surface area contributed by atoms with Crippen LogP contribution < -0.4 is 5.32 Å². The summed E-state index contributed by atoms with van der Waals surface area (Å²) in [5, 5.41) is 6.19. The average molecular weight is 256 g/mol. The fourth-order valence-electron chi connectivity index (χ4n) is 2.61. The van der Waals surface area contributed by atoms with E-state index in [1.54, 1.807) is 0 Å². The normalized spacial score (nSPS) is 13.7. The summed E-state index contributed by atoms with van der Waals surface area (Å²) in [5.74, 6) is 0. The van der Waals surface area contributed by atoms with Crippen molar-refractivity contribution in [1.82, 2.24) is 10.3 Å². The minimum Gasteiger partial charge on any atom is -0.310 e. The second kappa shape index (κ2) is 5.70. The van der Waals surface area contributed by atoms with Crippen LogP contribution in [-0.2, 0) is 0 Å². The Morgan fingerprint density at radius 2 is 2.00 bits per heavy atom. The third-order valence-corrected chi connectivity index (χ3v) is 4.13. The van der Waals surface area contributed by atoms with E-state index in [0.29, 0.717) is 6.04 Å². The molecule has 0 aliphatic carbocycles. The van der Waals surface area contributed by atoms with Gasteiger partial charge in [0.2, 0.25) is 0 Å². The third kappa shape index (κ3) is 2.79. The lowest BCUT2D eigenvalue weighted by Gasteiger charge is -2.35.